The normalized spacial score (nSPS) is 13.8. The second-order valence-corrected chi connectivity index (χ2v) is 8.73. The van der Waals surface area contributed by atoms with Crippen LogP contribution >= 0.6 is 11.3 Å². The van der Waals surface area contributed by atoms with Crippen molar-refractivity contribution in [3.05, 3.63) is 114 Å². The van der Waals surface area contributed by atoms with Crippen LogP contribution in [0.3, 0.4) is 0 Å². The van der Waals surface area contributed by atoms with E-state index < -0.39 is 11.8 Å². The van der Waals surface area contributed by atoms with Gasteiger partial charge in [0.1, 0.15) is 10.6 Å². The van der Waals surface area contributed by atoms with E-state index in [9.17, 15) is 9.90 Å². The van der Waals surface area contributed by atoms with Gasteiger partial charge in [-0.25, -0.2) is 9.78 Å². The molecule has 2 heterocycles. The third-order valence-electron chi connectivity index (χ3n) is 5.63. The number of hydrogen-bond donors (Lipinski definition) is 1. The highest BCUT2D eigenvalue weighted by atomic mass is 32.1. The Bertz CT molecular complexity index is 1420. The Balaban J connectivity index is 1.54. The third-order valence-corrected chi connectivity index (χ3v) is 6.72. The Morgan fingerprint density at radius 2 is 1.45 bits per heavy atom. The largest absolute Gasteiger partial charge is 0.478 e. The molecule has 0 amide bonds. The summed E-state index contributed by atoms with van der Waals surface area (Å²) in [7, 11) is 0. The predicted molar refractivity (Wildman–Crippen MR) is 127 cm³/mol. The minimum absolute atomic E-state index is 0.0375. The molecular weight excluding hydrogens is 434 g/mol. The fraction of sp³-hybridized carbons (Fsp3) is 0.0370. The van der Waals surface area contributed by atoms with Gasteiger partial charge in [0.05, 0.1) is 10.2 Å². The Kier molecular flexibility index (Phi) is 4.41. The summed E-state index contributed by atoms with van der Waals surface area (Å²) >= 11 is 1.51. The molecule has 0 spiro atoms. The fourth-order valence-corrected chi connectivity index (χ4v) is 5.05. The van der Waals surface area contributed by atoms with Crippen molar-refractivity contribution >= 4 is 27.5 Å². The van der Waals surface area contributed by atoms with Crippen LogP contribution in [0.15, 0.2) is 97.1 Å². The summed E-state index contributed by atoms with van der Waals surface area (Å²) in [4.78, 5) is 16.9. The van der Waals surface area contributed by atoms with E-state index in [-0.39, 0.29) is 11.3 Å². The van der Waals surface area contributed by atoms with Crippen molar-refractivity contribution in [1.29, 1.82) is 0 Å². The summed E-state index contributed by atoms with van der Waals surface area (Å²) in [5, 5.41) is 10.7. The standard InChI is InChI=1S/C27H17NO4S/c29-26(30)20-15-17(25-28-21-13-7-8-14-23(21)33-25)16-22-24(20)32-27(31-22,18-9-3-1-4-10-18)19-11-5-2-6-12-19/h1-16H,(H,29,30). The number of hydrogen-bond acceptors (Lipinski definition) is 5. The van der Waals surface area contributed by atoms with Gasteiger partial charge in [-0.1, -0.05) is 72.8 Å². The molecule has 1 aliphatic heterocycles. The van der Waals surface area contributed by atoms with Crippen LogP contribution in [0.4, 0.5) is 0 Å². The Morgan fingerprint density at radius 1 is 0.818 bits per heavy atom. The van der Waals surface area contributed by atoms with Crippen LogP contribution in [0, 0.1) is 0 Å². The quantitative estimate of drug-likeness (QED) is 0.346. The van der Waals surface area contributed by atoms with Crippen molar-refractivity contribution in [3.8, 4) is 22.1 Å². The highest BCUT2D eigenvalue weighted by Crippen LogP contribution is 2.51. The molecule has 1 aromatic heterocycles. The number of nitrogens with zero attached hydrogens (tertiary/aromatic N) is 1. The van der Waals surface area contributed by atoms with Gasteiger partial charge >= 0.3 is 11.8 Å². The van der Waals surface area contributed by atoms with Gasteiger partial charge in [-0.3, -0.25) is 0 Å². The van der Waals surface area contributed by atoms with Crippen LogP contribution in [0.25, 0.3) is 20.8 Å². The van der Waals surface area contributed by atoms with Gasteiger partial charge in [-0.05, 0) is 24.3 Å². The highest BCUT2D eigenvalue weighted by Gasteiger charge is 2.47. The van der Waals surface area contributed by atoms with Crippen molar-refractivity contribution in [1.82, 2.24) is 4.98 Å². The maximum atomic E-state index is 12.2. The maximum absolute atomic E-state index is 12.2. The van der Waals surface area contributed by atoms with Gasteiger partial charge in [0.15, 0.2) is 11.5 Å². The van der Waals surface area contributed by atoms with Crippen LogP contribution in [-0.2, 0) is 5.79 Å². The molecule has 6 rings (SSSR count). The van der Waals surface area contributed by atoms with Crippen LogP contribution in [0.5, 0.6) is 11.5 Å². The summed E-state index contributed by atoms with van der Waals surface area (Å²) in [6.45, 7) is 0. The molecule has 1 aliphatic rings. The van der Waals surface area contributed by atoms with E-state index in [1.807, 2.05) is 91.0 Å². The lowest BCUT2D eigenvalue weighted by molar-refractivity contribution is -0.0461. The zero-order valence-corrected chi connectivity index (χ0v) is 18.1. The van der Waals surface area contributed by atoms with Gasteiger partial charge in [-0.2, -0.15) is 0 Å². The molecule has 1 N–H and O–H groups in total. The first-order valence-corrected chi connectivity index (χ1v) is 11.2. The summed E-state index contributed by atoms with van der Waals surface area (Å²) in [5.74, 6) is -1.80. The van der Waals surface area contributed by atoms with E-state index in [2.05, 4.69) is 0 Å². The summed E-state index contributed by atoms with van der Waals surface area (Å²) in [5.41, 5.74) is 3.12. The number of ether oxygens (including phenoxy) is 2. The van der Waals surface area contributed by atoms with Crippen LogP contribution in [0.2, 0.25) is 0 Å². The molecule has 0 fully saturated rings. The number of rotatable bonds is 4. The summed E-state index contributed by atoms with van der Waals surface area (Å²) in [6, 6.07) is 30.3. The first-order valence-electron chi connectivity index (χ1n) is 10.4. The van der Waals surface area contributed by atoms with Crippen molar-refractivity contribution in [3.63, 3.8) is 0 Å². The smallest absolute Gasteiger partial charge is 0.339 e. The fourth-order valence-electron chi connectivity index (χ4n) is 4.10. The lowest BCUT2D eigenvalue weighted by atomic mass is 9.97. The predicted octanol–water partition coefficient (Wildman–Crippen LogP) is 6.33. The number of benzene rings is 4. The molecule has 5 nitrogen and oxygen atoms in total. The minimum atomic E-state index is -1.29. The molecule has 5 aromatic rings. The minimum Gasteiger partial charge on any atom is -0.478 e. The molecule has 33 heavy (non-hydrogen) atoms. The lowest BCUT2D eigenvalue weighted by Crippen LogP contribution is -2.36. The molecule has 0 aliphatic carbocycles. The van der Waals surface area contributed by atoms with Gasteiger partial charge in [0, 0.05) is 16.7 Å². The molecule has 0 radical (unpaired) electrons. The average Bonchev–Trinajstić information content (AvgIpc) is 3.47. The van der Waals surface area contributed by atoms with Crippen LogP contribution in [0.1, 0.15) is 21.5 Å². The van der Waals surface area contributed by atoms with Crippen LogP contribution < -0.4 is 9.47 Å². The molecule has 0 bridgehead atoms. The average molecular weight is 452 g/mol. The molecule has 4 aromatic carbocycles. The number of para-hydroxylation sites is 1. The van der Waals surface area contributed by atoms with Gasteiger partial charge in [-0.15, -0.1) is 11.3 Å². The molecule has 6 heteroatoms. The van der Waals surface area contributed by atoms with Crippen molar-refractivity contribution in [2.45, 2.75) is 5.79 Å². The lowest BCUT2D eigenvalue weighted by Gasteiger charge is -2.28. The SMILES string of the molecule is O=C(O)c1cc(-c2nc3ccccc3s2)cc2c1OC(c1ccccc1)(c1ccccc1)O2. The van der Waals surface area contributed by atoms with E-state index in [0.29, 0.717) is 11.3 Å². The first-order chi connectivity index (χ1) is 16.1. The summed E-state index contributed by atoms with van der Waals surface area (Å²) < 4.78 is 13.9. The molecule has 0 saturated heterocycles. The zero-order chi connectivity index (χ0) is 22.4. The van der Waals surface area contributed by atoms with E-state index in [1.165, 1.54) is 11.3 Å². The number of carbonyl (C=O) groups is 1. The first kappa shape index (κ1) is 19.5. The number of aromatic nitrogens is 1. The van der Waals surface area contributed by atoms with Crippen molar-refractivity contribution in [2.24, 2.45) is 0 Å². The van der Waals surface area contributed by atoms with Gasteiger partial charge in [0.25, 0.3) is 0 Å². The summed E-state index contributed by atoms with van der Waals surface area (Å²) in [6.07, 6.45) is 0. The van der Waals surface area contributed by atoms with E-state index in [4.69, 9.17) is 14.5 Å². The van der Waals surface area contributed by atoms with Crippen molar-refractivity contribution in [2.75, 3.05) is 0 Å². The number of aromatic carboxylic acids is 1. The van der Waals surface area contributed by atoms with E-state index in [1.54, 1.807) is 6.07 Å². The Morgan fingerprint density at radius 3 is 2.09 bits per heavy atom. The molecule has 0 saturated carbocycles. The number of carboxylic acid groups (broad SMARTS) is 1. The Labute approximate surface area is 193 Å². The topological polar surface area (TPSA) is 68.7 Å². The molecule has 0 unspecified atom stereocenters. The monoisotopic (exact) mass is 451 g/mol. The maximum Gasteiger partial charge on any atom is 0.339 e. The molecule has 160 valence electrons. The number of carboxylic acids is 1. The van der Waals surface area contributed by atoms with Crippen LogP contribution in [-0.4, -0.2) is 16.1 Å². The second kappa shape index (κ2) is 7.46. The van der Waals surface area contributed by atoms with E-state index >= 15 is 0 Å². The van der Waals surface area contributed by atoms with Crippen molar-refractivity contribution < 1.29 is 19.4 Å². The molecule has 0 atom stereocenters. The van der Waals surface area contributed by atoms with Gasteiger partial charge < -0.3 is 14.6 Å². The number of fused-ring (bicyclic) bond motifs is 2. The third kappa shape index (κ3) is 3.15. The van der Waals surface area contributed by atoms with E-state index in [0.717, 1.165) is 26.4 Å². The highest BCUT2D eigenvalue weighted by molar-refractivity contribution is 7.21. The van der Waals surface area contributed by atoms with Gasteiger partial charge in [0.2, 0.25) is 0 Å². The number of thiazole rings is 1. The second-order valence-electron chi connectivity index (χ2n) is 7.70. The Hall–Kier alpha value is -4.16. The molecular formula is C27H17NO4S. The zero-order valence-electron chi connectivity index (χ0n) is 17.3.